The van der Waals surface area contributed by atoms with E-state index in [1.165, 1.54) is 24.0 Å². The normalized spacial score (nSPS) is 33.9. The first kappa shape index (κ1) is 30.7. The third kappa shape index (κ3) is 6.97. The van der Waals surface area contributed by atoms with Gasteiger partial charge >= 0.3 is 0 Å². The van der Waals surface area contributed by atoms with E-state index in [1.807, 2.05) is 0 Å². The Hall–Kier alpha value is -0.232. The van der Waals surface area contributed by atoms with E-state index < -0.39 is 33.3 Å². The first-order chi connectivity index (χ1) is 17.2. The van der Waals surface area contributed by atoms with Crippen molar-refractivity contribution < 1.29 is 17.7 Å². The zero-order valence-electron chi connectivity index (χ0n) is 26.7. The maximum Gasteiger partial charge on any atom is 0.242 e. The maximum atomic E-state index is 7.05. The first-order valence-electron chi connectivity index (χ1n) is 15.0. The summed E-state index contributed by atoms with van der Waals surface area (Å²) in [5.41, 5.74) is 3.08. The Morgan fingerprint density at radius 3 is 1.87 bits per heavy atom. The number of rotatable bonds is 8. The van der Waals surface area contributed by atoms with E-state index in [1.54, 1.807) is 0 Å². The maximum absolute atomic E-state index is 7.05. The standard InChI is InChI=1S/C30H56O4Si4/c1-30-17-16-23-22-15-14-21(31-35(2,3)4)18-25(22)27(32-36(5,6)7)19-24(23)26(30)20-28(33-37(8,9)10)29(30)34-38(11,12)13/h14-15,18,23-24,26-29H,16-17,19-20H2,1-13H3. The van der Waals surface area contributed by atoms with Crippen molar-refractivity contribution in [3.8, 4) is 5.75 Å². The quantitative estimate of drug-likeness (QED) is 0.282. The van der Waals surface area contributed by atoms with Gasteiger partial charge in [0, 0.05) is 0 Å². The van der Waals surface area contributed by atoms with Gasteiger partial charge in [-0.05, 0) is 151 Å². The number of hydrogen-bond donors (Lipinski definition) is 0. The summed E-state index contributed by atoms with van der Waals surface area (Å²) in [4.78, 5) is 0. The predicted molar refractivity (Wildman–Crippen MR) is 170 cm³/mol. The summed E-state index contributed by atoms with van der Waals surface area (Å²) in [5, 5.41) is 0. The molecule has 8 heteroatoms. The summed E-state index contributed by atoms with van der Waals surface area (Å²) in [5.74, 6) is 2.82. The molecule has 38 heavy (non-hydrogen) atoms. The lowest BCUT2D eigenvalue weighted by Gasteiger charge is -2.53. The number of hydrogen-bond acceptors (Lipinski definition) is 4. The molecule has 0 aromatic heterocycles. The lowest BCUT2D eigenvalue weighted by Crippen LogP contribution is -2.51. The highest BCUT2D eigenvalue weighted by molar-refractivity contribution is 6.71. The Morgan fingerprint density at radius 1 is 0.711 bits per heavy atom. The van der Waals surface area contributed by atoms with E-state index in [-0.39, 0.29) is 23.7 Å². The second kappa shape index (κ2) is 10.2. The molecule has 7 unspecified atom stereocenters. The van der Waals surface area contributed by atoms with Gasteiger partial charge in [0.15, 0.2) is 25.0 Å². The molecule has 0 amide bonds. The topological polar surface area (TPSA) is 36.9 Å². The van der Waals surface area contributed by atoms with Crippen LogP contribution in [0.2, 0.25) is 78.6 Å². The van der Waals surface area contributed by atoms with Crippen LogP contribution in [0.15, 0.2) is 18.2 Å². The lowest BCUT2D eigenvalue weighted by molar-refractivity contribution is -0.0444. The van der Waals surface area contributed by atoms with Gasteiger partial charge in [-0.2, -0.15) is 0 Å². The van der Waals surface area contributed by atoms with Crippen molar-refractivity contribution in [2.75, 3.05) is 0 Å². The summed E-state index contributed by atoms with van der Waals surface area (Å²) in [7, 11) is -6.86. The van der Waals surface area contributed by atoms with Gasteiger partial charge in [0.25, 0.3) is 0 Å². The van der Waals surface area contributed by atoms with Crippen molar-refractivity contribution in [1.29, 1.82) is 0 Å². The molecule has 216 valence electrons. The molecule has 3 aliphatic rings. The molecule has 7 atom stereocenters. The fraction of sp³-hybridized carbons (Fsp3) is 0.800. The highest BCUT2D eigenvalue weighted by atomic mass is 28.4. The summed E-state index contributed by atoms with van der Waals surface area (Å²) in [6.07, 6.45) is 5.25. The minimum atomic E-state index is -1.75. The van der Waals surface area contributed by atoms with E-state index in [9.17, 15) is 0 Å². The molecule has 4 rings (SSSR count). The fourth-order valence-electron chi connectivity index (χ4n) is 7.60. The molecule has 0 aliphatic heterocycles. The third-order valence-corrected chi connectivity index (χ3v) is 12.4. The van der Waals surface area contributed by atoms with Gasteiger partial charge in [-0.25, -0.2) is 0 Å². The zero-order chi connectivity index (χ0) is 28.5. The third-order valence-electron chi connectivity index (χ3n) is 8.54. The SMILES string of the molecule is CC12CCC3c4ccc(O[Si](C)(C)C)cc4C(O[Si](C)(C)C)CC3C1CC(O[Si](C)(C)C)C2O[Si](C)(C)C. The molecule has 2 fully saturated rings. The van der Waals surface area contributed by atoms with E-state index in [4.69, 9.17) is 17.7 Å². The molecule has 1 aromatic carbocycles. The monoisotopic (exact) mass is 592 g/mol. The second-order valence-electron chi connectivity index (χ2n) is 16.5. The Bertz CT molecular complexity index is 1000. The molecular formula is C30H56O4Si4. The van der Waals surface area contributed by atoms with Gasteiger partial charge in [-0.15, -0.1) is 0 Å². The van der Waals surface area contributed by atoms with Crippen molar-refractivity contribution in [2.45, 2.75) is 135 Å². The molecular weight excluding hydrogens is 537 g/mol. The van der Waals surface area contributed by atoms with E-state index in [2.05, 4.69) is 104 Å². The van der Waals surface area contributed by atoms with Crippen LogP contribution in [0.4, 0.5) is 0 Å². The number of benzene rings is 1. The minimum Gasteiger partial charge on any atom is -0.544 e. The van der Waals surface area contributed by atoms with E-state index in [0.29, 0.717) is 17.8 Å². The molecule has 1 aromatic rings. The molecule has 0 saturated heterocycles. The van der Waals surface area contributed by atoms with Crippen LogP contribution in [-0.2, 0) is 13.3 Å². The second-order valence-corrected chi connectivity index (χ2v) is 34.3. The Balaban J connectivity index is 1.73. The lowest BCUT2D eigenvalue weighted by atomic mass is 9.55. The van der Waals surface area contributed by atoms with E-state index in [0.717, 1.165) is 18.6 Å². The molecule has 2 saturated carbocycles. The minimum absolute atomic E-state index is 0.152. The predicted octanol–water partition coefficient (Wildman–Crippen LogP) is 9.16. The van der Waals surface area contributed by atoms with Crippen LogP contribution < -0.4 is 4.43 Å². The smallest absolute Gasteiger partial charge is 0.242 e. The van der Waals surface area contributed by atoms with Crippen LogP contribution in [0.3, 0.4) is 0 Å². The average Bonchev–Trinajstić information content (AvgIpc) is 2.95. The summed E-state index contributed by atoms with van der Waals surface area (Å²) in [6.45, 7) is 30.4. The first-order valence-corrected chi connectivity index (χ1v) is 28.6. The van der Waals surface area contributed by atoms with Gasteiger partial charge in [0.2, 0.25) is 8.32 Å². The van der Waals surface area contributed by atoms with Crippen LogP contribution in [0.25, 0.3) is 0 Å². The molecule has 0 spiro atoms. The fourth-order valence-corrected chi connectivity index (χ4v) is 11.8. The zero-order valence-corrected chi connectivity index (χ0v) is 30.7. The summed E-state index contributed by atoms with van der Waals surface area (Å²) in [6, 6.07) is 6.97. The van der Waals surface area contributed by atoms with Crippen molar-refractivity contribution in [1.82, 2.24) is 0 Å². The molecule has 0 N–H and O–H groups in total. The van der Waals surface area contributed by atoms with Gasteiger partial charge in [-0.3, -0.25) is 0 Å². The highest BCUT2D eigenvalue weighted by Gasteiger charge is 2.61. The Kier molecular flexibility index (Phi) is 8.28. The summed E-state index contributed by atoms with van der Waals surface area (Å²) >= 11 is 0. The van der Waals surface area contributed by atoms with E-state index >= 15 is 0 Å². The molecule has 3 aliphatic carbocycles. The van der Waals surface area contributed by atoms with Crippen molar-refractivity contribution in [2.24, 2.45) is 17.3 Å². The largest absolute Gasteiger partial charge is 0.544 e. The van der Waals surface area contributed by atoms with Crippen molar-refractivity contribution >= 4 is 33.3 Å². The van der Waals surface area contributed by atoms with Crippen LogP contribution >= 0.6 is 0 Å². The molecule has 0 bridgehead atoms. The van der Waals surface area contributed by atoms with Gasteiger partial charge < -0.3 is 17.7 Å². The van der Waals surface area contributed by atoms with Crippen LogP contribution in [-0.4, -0.2) is 45.5 Å². The van der Waals surface area contributed by atoms with Crippen molar-refractivity contribution in [3.05, 3.63) is 29.3 Å². The Labute approximate surface area is 238 Å². The van der Waals surface area contributed by atoms with Gasteiger partial charge in [0.05, 0.1) is 18.3 Å². The molecule has 0 heterocycles. The molecule has 0 radical (unpaired) electrons. The van der Waals surface area contributed by atoms with Crippen LogP contribution in [0, 0.1) is 17.3 Å². The number of fused-ring (bicyclic) bond motifs is 5. The van der Waals surface area contributed by atoms with Crippen LogP contribution in [0.5, 0.6) is 5.75 Å². The van der Waals surface area contributed by atoms with Gasteiger partial charge in [-0.1, -0.05) is 13.0 Å². The van der Waals surface area contributed by atoms with Crippen molar-refractivity contribution in [3.63, 3.8) is 0 Å². The van der Waals surface area contributed by atoms with Gasteiger partial charge in [0.1, 0.15) is 5.75 Å². The molecule has 4 nitrogen and oxygen atoms in total. The Morgan fingerprint density at radius 2 is 1.32 bits per heavy atom. The highest BCUT2D eigenvalue weighted by Crippen LogP contribution is 2.64. The summed E-state index contributed by atoms with van der Waals surface area (Å²) < 4.78 is 27.4. The average molecular weight is 593 g/mol. The van der Waals surface area contributed by atoms with Crippen LogP contribution in [0.1, 0.15) is 55.8 Å².